The van der Waals surface area contributed by atoms with Crippen molar-refractivity contribution < 1.29 is 66.2 Å². The molecule has 0 aliphatic carbocycles. The van der Waals surface area contributed by atoms with Gasteiger partial charge in [0.15, 0.2) is 17.7 Å². The van der Waals surface area contributed by atoms with Crippen molar-refractivity contribution in [2.45, 2.75) is 110 Å². The molecular formula is C39H67N9O15S3. The van der Waals surface area contributed by atoms with Crippen molar-refractivity contribution in [3.8, 4) is 5.75 Å². The highest BCUT2D eigenvalue weighted by molar-refractivity contribution is 7.81. The van der Waals surface area contributed by atoms with Crippen LogP contribution in [0.4, 0.5) is 0 Å². The third kappa shape index (κ3) is 25.3. The van der Waals surface area contributed by atoms with Gasteiger partial charge in [-0.05, 0) is 97.9 Å². The predicted octanol–water partition coefficient (Wildman–Crippen LogP) is 0.967. The van der Waals surface area contributed by atoms with Crippen molar-refractivity contribution in [2.24, 2.45) is 21.5 Å². The van der Waals surface area contributed by atoms with Crippen LogP contribution in [-0.4, -0.2) is 137 Å². The maximum Gasteiger partial charge on any atom is 0.446 e. The molecule has 0 aromatic heterocycles. The van der Waals surface area contributed by atoms with Crippen molar-refractivity contribution >= 4 is 54.9 Å². The third-order valence-corrected chi connectivity index (χ3v) is 10.8. The molecule has 1 aromatic carbocycles. The minimum atomic E-state index is -5.30. The highest BCUT2D eigenvalue weighted by Crippen LogP contribution is 2.30. The quantitative estimate of drug-likeness (QED) is 0.0169. The van der Waals surface area contributed by atoms with E-state index in [2.05, 4.69) is 46.2 Å². The Morgan fingerprint density at radius 3 is 1.97 bits per heavy atom. The highest BCUT2D eigenvalue weighted by Gasteiger charge is 2.34. The molecule has 5 atom stereocenters. The molecule has 0 saturated heterocycles. The number of hydrogen-bond donors (Lipinski definition) is 10. The van der Waals surface area contributed by atoms with Gasteiger partial charge in [-0.25, -0.2) is 18.4 Å². The number of nitrogens with one attached hydrogen (secondary N) is 4. The van der Waals surface area contributed by atoms with E-state index in [1.165, 1.54) is 18.9 Å². The topological polar surface area (TPSA) is 373 Å². The van der Waals surface area contributed by atoms with E-state index in [-0.39, 0.29) is 36.9 Å². The molecule has 0 heterocycles. The zero-order valence-corrected chi connectivity index (χ0v) is 40.7. The van der Waals surface area contributed by atoms with Crippen molar-refractivity contribution in [1.82, 2.24) is 26.2 Å². The van der Waals surface area contributed by atoms with Crippen LogP contribution in [0.1, 0.15) is 90.4 Å². The predicted molar refractivity (Wildman–Crippen MR) is 248 cm³/mol. The average molecular weight is 998 g/mol. The van der Waals surface area contributed by atoms with Crippen molar-refractivity contribution in [1.29, 1.82) is 0 Å². The van der Waals surface area contributed by atoms with Gasteiger partial charge in [-0.1, -0.05) is 41.5 Å². The van der Waals surface area contributed by atoms with Crippen LogP contribution in [0.25, 0.3) is 0 Å². The van der Waals surface area contributed by atoms with Crippen LogP contribution in [0, 0.1) is 0 Å². The van der Waals surface area contributed by atoms with Crippen molar-refractivity contribution in [3.63, 3.8) is 0 Å². The molecule has 2 amide bonds. The Balaban J connectivity index is 3.36. The van der Waals surface area contributed by atoms with Crippen LogP contribution in [0.15, 0.2) is 63.6 Å². The average Bonchev–Trinajstić information content (AvgIpc) is 3.19. The number of allylic oxidation sites excluding steroid dienone is 2. The van der Waals surface area contributed by atoms with Crippen LogP contribution < -0.4 is 36.9 Å². The van der Waals surface area contributed by atoms with Gasteiger partial charge in [0.25, 0.3) is 0 Å². The zero-order valence-electron chi connectivity index (χ0n) is 38.3. The summed E-state index contributed by atoms with van der Waals surface area (Å²) in [7, 11) is -12.6. The number of benzene rings is 1. The molecule has 376 valence electrons. The van der Waals surface area contributed by atoms with Gasteiger partial charge < -0.3 is 46.9 Å². The molecule has 27 heteroatoms. The second kappa shape index (κ2) is 28.5. The Hall–Kier alpha value is -4.71. The summed E-state index contributed by atoms with van der Waals surface area (Å²) < 4.78 is 111. The lowest BCUT2D eigenvalue weighted by molar-refractivity contribution is -0.141. The van der Waals surface area contributed by atoms with Gasteiger partial charge in [0.1, 0.15) is 12.1 Å². The summed E-state index contributed by atoms with van der Waals surface area (Å²) in [5, 5.41) is 21.5. The summed E-state index contributed by atoms with van der Waals surface area (Å²) >= 11 is 0. The SMILES string of the molecule is C=C(C)C(O)CC/C(C)=C\CN=C(N)NCCCC(NC)C(=O)N(C)C(CCCNC(N)=NCC=C(C)C)C(=O)N[C@H](C)[C@H](OS(=O)(=O)O)c1ccc(OS(=O)(=O)O)c(COS(=O)(=O)O)c1. The molecule has 24 nitrogen and oxygen atoms in total. The fraction of sp³-hybridized carbons (Fsp3) is 0.590. The van der Waals surface area contributed by atoms with Gasteiger partial charge in [-0.15, -0.1) is 0 Å². The summed E-state index contributed by atoms with van der Waals surface area (Å²) in [6, 6.07) is -0.595. The number of likely N-dealkylation sites (N-methyl/N-ethyl adjacent to an activating group) is 2. The van der Waals surface area contributed by atoms with E-state index in [1.807, 2.05) is 32.9 Å². The molecule has 66 heavy (non-hydrogen) atoms. The van der Waals surface area contributed by atoms with E-state index in [0.717, 1.165) is 29.3 Å². The first-order chi connectivity index (χ1) is 30.5. The number of guanidine groups is 2. The van der Waals surface area contributed by atoms with Crippen LogP contribution >= 0.6 is 0 Å². The Kier molecular flexibility index (Phi) is 25.6. The summed E-state index contributed by atoms with van der Waals surface area (Å²) in [5.41, 5.74) is 14.1. The highest BCUT2D eigenvalue weighted by atomic mass is 32.3. The minimum absolute atomic E-state index is 0.0328. The summed E-state index contributed by atoms with van der Waals surface area (Å²) in [4.78, 5) is 37.8. The number of carbonyl (C=O) groups is 2. The van der Waals surface area contributed by atoms with Crippen LogP contribution in [0.2, 0.25) is 0 Å². The minimum Gasteiger partial charge on any atom is -0.389 e. The van der Waals surface area contributed by atoms with E-state index < -0.39 is 91.3 Å². The number of aliphatic hydroxyl groups is 1. The van der Waals surface area contributed by atoms with E-state index in [4.69, 9.17) is 20.2 Å². The number of nitrogens with zero attached hydrogens (tertiary/aromatic N) is 3. The Bertz CT molecular complexity index is 2230. The van der Waals surface area contributed by atoms with Crippen LogP contribution in [-0.2, 0) is 55.8 Å². The first-order valence-electron chi connectivity index (χ1n) is 20.5. The molecule has 0 aliphatic rings. The Morgan fingerprint density at radius 1 is 0.879 bits per heavy atom. The molecule has 0 fully saturated rings. The normalized spacial score (nSPS) is 15.2. The number of amides is 2. The molecule has 0 radical (unpaired) electrons. The first kappa shape index (κ1) is 59.3. The Labute approximate surface area is 388 Å². The monoisotopic (exact) mass is 997 g/mol. The molecule has 1 aromatic rings. The van der Waals surface area contributed by atoms with Crippen molar-refractivity contribution in [2.75, 3.05) is 40.3 Å². The second-order valence-electron chi connectivity index (χ2n) is 15.4. The Morgan fingerprint density at radius 2 is 1.45 bits per heavy atom. The number of carbonyl (C=O) groups excluding carboxylic acids is 2. The summed E-state index contributed by atoms with van der Waals surface area (Å²) in [6.07, 6.45) is 3.61. The molecule has 1 rings (SSSR count). The van der Waals surface area contributed by atoms with E-state index in [1.54, 1.807) is 14.0 Å². The number of hydrogen-bond acceptors (Lipinski definition) is 15. The smallest absolute Gasteiger partial charge is 0.389 e. The largest absolute Gasteiger partial charge is 0.446 e. The first-order valence-corrected chi connectivity index (χ1v) is 24.6. The molecule has 0 aliphatic heterocycles. The maximum absolute atomic E-state index is 14.1. The van der Waals surface area contributed by atoms with Crippen LogP contribution in [0.3, 0.4) is 0 Å². The van der Waals surface area contributed by atoms with E-state index >= 15 is 0 Å². The number of nitrogens with two attached hydrogens (primary N) is 2. The lowest BCUT2D eigenvalue weighted by Crippen LogP contribution is -2.55. The number of aliphatic hydroxyl groups excluding tert-OH is 1. The van der Waals surface area contributed by atoms with Gasteiger partial charge >= 0.3 is 31.2 Å². The number of rotatable bonds is 30. The van der Waals surface area contributed by atoms with Gasteiger partial charge in [0.2, 0.25) is 11.8 Å². The standard InChI is InChI=1S/C39H67N9O15S3/c1-25(2)17-21-45-38(40)44-20-10-12-32(48(8)37(51)31(42-7)11-9-19-43-39(41)46-22-18-27(5)13-15-33(49)26(3)4)36(50)47-28(6)35(63-66(58,59)60)29-14-16-34(62-65(55,56)57)30(23-29)24-61-64(52,53)54/h14,16-18,23,28,31-33,35,42,49H,3,9-13,15,19-22,24H2,1-2,4-8H3,(H,47,50)(H3,40,44,45)(H3,41,43,46)(H,52,53,54)(H,55,56,57)(H,58,59,60)/b27-18-/t28-,31?,32?,33?,35+/m1/s1. The fourth-order valence-corrected chi connectivity index (χ4v) is 7.16. The number of aliphatic imine (C=N–C) groups is 2. The summed E-state index contributed by atoms with van der Waals surface area (Å²) in [5.74, 6) is -1.66. The summed E-state index contributed by atoms with van der Waals surface area (Å²) in [6.45, 7) is 12.7. The molecule has 12 N–H and O–H groups in total. The lowest BCUT2D eigenvalue weighted by atomic mass is 9.99. The third-order valence-electron chi connectivity index (χ3n) is 9.56. The second-order valence-corrected chi connectivity index (χ2v) is 18.6. The molecule has 0 saturated carbocycles. The molecule has 0 spiro atoms. The zero-order chi connectivity index (χ0) is 50.4. The maximum atomic E-state index is 14.1. The van der Waals surface area contributed by atoms with Gasteiger partial charge in [0, 0.05) is 25.7 Å². The fourth-order valence-electron chi connectivity index (χ4n) is 5.95. The molecule has 3 unspecified atom stereocenters. The van der Waals surface area contributed by atoms with E-state index in [9.17, 15) is 49.1 Å². The van der Waals surface area contributed by atoms with Gasteiger partial charge in [-0.2, -0.15) is 25.3 Å². The van der Waals surface area contributed by atoms with Crippen LogP contribution in [0.5, 0.6) is 5.75 Å². The van der Waals surface area contributed by atoms with E-state index in [0.29, 0.717) is 50.9 Å². The molecular weight excluding hydrogens is 931 g/mol. The van der Waals surface area contributed by atoms with Gasteiger partial charge in [-0.3, -0.25) is 23.2 Å². The molecule has 0 bridgehead atoms. The van der Waals surface area contributed by atoms with Gasteiger partial charge in [0.05, 0.1) is 37.9 Å². The van der Waals surface area contributed by atoms with Crippen molar-refractivity contribution in [3.05, 3.63) is 64.8 Å². The lowest BCUT2D eigenvalue weighted by Gasteiger charge is -2.32.